The molecule has 1 aromatic heterocycles. The van der Waals surface area contributed by atoms with E-state index in [1.807, 2.05) is 46.8 Å². The molecule has 6 nitrogen and oxygen atoms in total. The van der Waals surface area contributed by atoms with Crippen molar-refractivity contribution in [1.82, 2.24) is 0 Å². The molecule has 0 spiro atoms. The van der Waals surface area contributed by atoms with E-state index >= 15 is 0 Å². The second-order valence-electron chi connectivity index (χ2n) is 11.8. The van der Waals surface area contributed by atoms with Crippen LogP contribution in [0.5, 0.6) is 0 Å². The number of carbonyl (C=O) groups excluding carboxylic acids is 3. The first-order chi connectivity index (χ1) is 20.3. The molecule has 1 amide bonds. The molecule has 0 atom stereocenters. The smallest absolute Gasteiger partial charge is 0.350 e. The van der Waals surface area contributed by atoms with E-state index in [1.54, 1.807) is 35.2 Å². The van der Waals surface area contributed by atoms with E-state index in [0.717, 1.165) is 11.1 Å². The number of hydrogen-bond donors (Lipinski definition) is 0. The lowest BCUT2D eigenvalue weighted by atomic mass is 9.90. The van der Waals surface area contributed by atoms with Crippen molar-refractivity contribution in [3.05, 3.63) is 84.5 Å². The Morgan fingerprint density at radius 3 is 2.00 bits per heavy atom. The Bertz CT molecular complexity index is 1600. The normalized spacial score (nSPS) is 16.6. The fourth-order valence-electron chi connectivity index (χ4n) is 4.93. The number of amides is 1. The molecule has 9 heteroatoms. The van der Waals surface area contributed by atoms with Gasteiger partial charge < -0.3 is 14.4 Å². The Kier molecular flexibility index (Phi) is 10.3. The Balaban J connectivity index is 1.67. The zero-order valence-electron chi connectivity index (χ0n) is 25.2. The molecule has 0 unspecified atom stereocenters. The van der Waals surface area contributed by atoms with Gasteiger partial charge in [0.25, 0.3) is 5.91 Å². The molecule has 1 heterocycles. The number of thiophene rings is 1. The standard InChI is InChI=1S/C34H35Cl2NO5S/c1-20-7-13-25(27(35)17-20)31(38)37(29-19-24(15-16-34(3,4)5)43-30(29)33(40)41-6)22-9-11-23(12-10-22)42-32(39)26-14-8-21(2)18-28(26)36/h7-8,13-14,17-19,22-23H,9-12H2,1-6H3. The third kappa shape index (κ3) is 8.00. The fraction of sp³-hybridized carbons (Fsp3) is 0.382. The number of methoxy groups -OCH3 is 1. The summed E-state index contributed by atoms with van der Waals surface area (Å²) in [7, 11) is 1.31. The summed E-state index contributed by atoms with van der Waals surface area (Å²) in [4.78, 5) is 42.7. The molecule has 0 bridgehead atoms. The highest BCUT2D eigenvalue weighted by molar-refractivity contribution is 7.15. The van der Waals surface area contributed by atoms with E-state index in [4.69, 9.17) is 32.7 Å². The van der Waals surface area contributed by atoms with Crippen LogP contribution >= 0.6 is 34.5 Å². The molecule has 3 aromatic rings. The molecule has 226 valence electrons. The van der Waals surface area contributed by atoms with Gasteiger partial charge in [-0.05, 0) is 102 Å². The van der Waals surface area contributed by atoms with Crippen LogP contribution in [0.25, 0.3) is 0 Å². The van der Waals surface area contributed by atoms with E-state index in [-0.39, 0.29) is 23.5 Å². The summed E-state index contributed by atoms with van der Waals surface area (Å²) in [5.74, 6) is 5.02. The quantitative estimate of drug-likeness (QED) is 0.199. The predicted molar refractivity (Wildman–Crippen MR) is 173 cm³/mol. The summed E-state index contributed by atoms with van der Waals surface area (Å²) in [5, 5.41) is 0.679. The third-order valence-electron chi connectivity index (χ3n) is 7.10. The second kappa shape index (κ2) is 13.5. The molecule has 1 saturated carbocycles. The van der Waals surface area contributed by atoms with Crippen molar-refractivity contribution in [2.45, 2.75) is 72.4 Å². The summed E-state index contributed by atoms with van der Waals surface area (Å²) in [6, 6.07) is 12.0. The van der Waals surface area contributed by atoms with Crippen LogP contribution in [0.1, 0.15) is 92.8 Å². The Labute approximate surface area is 267 Å². The van der Waals surface area contributed by atoms with Gasteiger partial charge >= 0.3 is 11.9 Å². The van der Waals surface area contributed by atoms with Crippen LogP contribution in [0.2, 0.25) is 10.0 Å². The molecule has 1 fully saturated rings. The number of nitrogens with zero attached hydrogens (tertiary/aromatic N) is 1. The van der Waals surface area contributed by atoms with Crippen LogP contribution in [-0.4, -0.2) is 37.1 Å². The molecule has 0 saturated heterocycles. The average molecular weight is 641 g/mol. The molecule has 4 rings (SSSR count). The minimum atomic E-state index is -0.547. The summed E-state index contributed by atoms with van der Waals surface area (Å²) in [6.45, 7) is 9.81. The van der Waals surface area contributed by atoms with Crippen LogP contribution in [-0.2, 0) is 9.47 Å². The van der Waals surface area contributed by atoms with Gasteiger partial charge in [-0.3, -0.25) is 4.79 Å². The maximum atomic E-state index is 14.2. The van der Waals surface area contributed by atoms with Gasteiger partial charge in [0, 0.05) is 11.5 Å². The summed E-state index contributed by atoms with van der Waals surface area (Å²) < 4.78 is 10.9. The van der Waals surface area contributed by atoms with Crippen molar-refractivity contribution >= 4 is 58.1 Å². The first-order valence-electron chi connectivity index (χ1n) is 14.1. The van der Waals surface area contributed by atoms with Crippen molar-refractivity contribution in [2.24, 2.45) is 5.41 Å². The largest absolute Gasteiger partial charge is 0.465 e. The molecular weight excluding hydrogens is 605 g/mol. The van der Waals surface area contributed by atoms with Crippen LogP contribution < -0.4 is 4.90 Å². The number of carbonyl (C=O) groups is 3. The number of hydrogen-bond acceptors (Lipinski definition) is 6. The Morgan fingerprint density at radius 2 is 1.47 bits per heavy atom. The summed E-state index contributed by atoms with van der Waals surface area (Å²) in [5.41, 5.74) is 2.72. The van der Waals surface area contributed by atoms with Gasteiger partial charge in [-0.2, -0.15) is 0 Å². The lowest BCUT2D eigenvalue weighted by Crippen LogP contribution is -2.44. The molecule has 0 aliphatic heterocycles. The SMILES string of the molecule is COC(=O)c1sc(C#CC(C)(C)C)cc1N(C(=O)c1ccc(C)cc1Cl)C1CCC(OC(=O)c2ccc(C)cc2Cl)CC1. The van der Waals surface area contributed by atoms with E-state index in [9.17, 15) is 14.4 Å². The van der Waals surface area contributed by atoms with E-state index in [2.05, 4.69) is 11.8 Å². The predicted octanol–water partition coefficient (Wildman–Crippen LogP) is 8.67. The first-order valence-corrected chi connectivity index (χ1v) is 15.7. The highest BCUT2D eigenvalue weighted by Crippen LogP contribution is 2.38. The number of ether oxygens (including phenoxy) is 2. The zero-order valence-corrected chi connectivity index (χ0v) is 27.5. The van der Waals surface area contributed by atoms with Gasteiger partial charge in [-0.15, -0.1) is 11.3 Å². The average Bonchev–Trinajstić information content (AvgIpc) is 3.36. The molecule has 0 N–H and O–H groups in total. The fourth-order valence-corrected chi connectivity index (χ4v) is 6.48. The van der Waals surface area contributed by atoms with Crippen molar-refractivity contribution in [3.8, 4) is 11.8 Å². The van der Waals surface area contributed by atoms with Crippen molar-refractivity contribution in [2.75, 3.05) is 12.0 Å². The Hall–Kier alpha value is -3.31. The molecule has 1 aliphatic rings. The maximum absolute atomic E-state index is 14.2. The van der Waals surface area contributed by atoms with Gasteiger partial charge in [-0.1, -0.05) is 47.2 Å². The lowest BCUT2D eigenvalue weighted by molar-refractivity contribution is 0.0193. The number of esters is 2. The highest BCUT2D eigenvalue weighted by Gasteiger charge is 2.36. The van der Waals surface area contributed by atoms with Gasteiger partial charge in [0.05, 0.1) is 38.8 Å². The molecule has 0 radical (unpaired) electrons. The summed E-state index contributed by atoms with van der Waals surface area (Å²) in [6.07, 6.45) is 1.79. The first kappa shape index (κ1) is 32.6. The van der Waals surface area contributed by atoms with Crippen LogP contribution in [0.15, 0.2) is 42.5 Å². The number of aryl methyl sites for hydroxylation is 2. The molecular formula is C34H35Cl2NO5S. The van der Waals surface area contributed by atoms with E-state index in [1.165, 1.54) is 18.4 Å². The van der Waals surface area contributed by atoms with Crippen molar-refractivity contribution < 1.29 is 23.9 Å². The van der Waals surface area contributed by atoms with E-state index in [0.29, 0.717) is 62.3 Å². The highest BCUT2D eigenvalue weighted by atomic mass is 35.5. The van der Waals surface area contributed by atoms with Crippen LogP contribution in [0, 0.1) is 31.1 Å². The number of benzene rings is 2. The van der Waals surface area contributed by atoms with Crippen LogP contribution in [0.3, 0.4) is 0 Å². The van der Waals surface area contributed by atoms with Gasteiger partial charge in [0.15, 0.2) is 0 Å². The topological polar surface area (TPSA) is 72.9 Å². The van der Waals surface area contributed by atoms with Gasteiger partial charge in [0.2, 0.25) is 0 Å². The lowest BCUT2D eigenvalue weighted by Gasteiger charge is -2.37. The monoisotopic (exact) mass is 639 g/mol. The molecule has 43 heavy (non-hydrogen) atoms. The van der Waals surface area contributed by atoms with Crippen molar-refractivity contribution in [1.29, 1.82) is 0 Å². The number of halogens is 2. The zero-order chi connectivity index (χ0) is 31.5. The maximum Gasteiger partial charge on any atom is 0.350 e. The minimum Gasteiger partial charge on any atom is -0.465 e. The number of rotatable bonds is 6. The third-order valence-corrected chi connectivity index (χ3v) is 8.75. The van der Waals surface area contributed by atoms with Crippen LogP contribution in [0.4, 0.5) is 5.69 Å². The van der Waals surface area contributed by atoms with Gasteiger partial charge in [-0.25, -0.2) is 9.59 Å². The number of anilines is 1. The molecule has 2 aromatic carbocycles. The van der Waals surface area contributed by atoms with Gasteiger partial charge in [0.1, 0.15) is 11.0 Å². The van der Waals surface area contributed by atoms with E-state index < -0.39 is 11.9 Å². The summed E-state index contributed by atoms with van der Waals surface area (Å²) >= 11 is 14.0. The van der Waals surface area contributed by atoms with Crippen molar-refractivity contribution in [3.63, 3.8) is 0 Å². The second-order valence-corrected chi connectivity index (χ2v) is 13.7. The minimum absolute atomic E-state index is 0.251. The Morgan fingerprint density at radius 1 is 0.884 bits per heavy atom. The molecule has 1 aliphatic carbocycles.